The van der Waals surface area contributed by atoms with Crippen molar-refractivity contribution < 1.29 is 0 Å². The fourth-order valence-electron chi connectivity index (χ4n) is 0.777. The van der Waals surface area contributed by atoms with Crippen LogP contribution in [0.4, 0.5) is 5.69 Å². The summed E-state index contributed by atoms with van der Waals surface area (Å²) in [5.41, 5.74) is 8.95. The molecule has 0 unspecified atom stereocenters. The van der Waals surface area contributed by atoms with Gasteiger partial charge in [0.15, 0.2) is 0 Å². The lowest BCUT2D eigenvalue weighted by molar-refractivity contribution is 1.89. The standard InChI is InChI=1S/C6H5N.C2H2/c7-6-2-1-4-3-5(4)6;1-2/h1-3H,7H2;1-2H. The molecule has 2 aliphatic carbocycles. The SMILES string of the molecule is C#C.Nc1ccc2cc1-2. The van der Waals surface area contributed by atoms with E-state index in [4.69, 9.17) is 5.73 Å². The first-order valence-corrected chi connectivity index (χ1v) is 2.61. The molecule has 0 aromatic carbocycles. The minimum Gasteiger partial charge on any atom is -0.398 e. The van der Waals surface area contributed by atoms with Crippen LogP contribution in [0.3, 0.4) is 0 Å². The van der Waals surface area contributed by atoms with Gasteiger partial charge in [0.25, 0.3) is 0 Å². The molecule has 1 heteroatoms. The van der Waals surface area contributed by atoms with Crippen LogP contribution in [0.5, 0.6) is 0 Å². The van der Waals surface area contributed by atoms with Crippen molar-refractivity contribution in [2.24, 2.45) is 0 Å². The Bertz CT molecular complexity index is 248. The van der Waals surface area contributed by atoms with Gasteiger partial charge in [-0.05, 0) is 17.7 Å². The van der Waals surface area contributed by atoms with Crippen molar-refractivity contribution in [3.63, 3.8) is 0 Å². The fraction of sp³-hybridized carbons (Fsp3) is 0. The molecule has 2 N–H and O–H groups in total. The molecular formula is C8H7N. The number of benzene rings is 1. The molecule has 1 nitrogen and oxygen atoms in total. The topological polar surface area (TPSA) is 26.0 Å². The summed E-state index contributed by atoms with van der Waals surface area (Å²) in [5.74, 6) is 0. The van der Waals surface area contributed by atoms with Crippen LogP contribution >= 0.6 is 0 Å². The van der Waals surface area contributed by atoms with Gasteiger partial charge in [-0.25, -0.2) is 0 Å². The predicted octanol–water partition coefficient (Wildman–Crippen LogP) is 1.50. The van der Waals surface area contributed by atoms with Gasteiger partial charge in [-0.15, -0.1) is 12.8 Å². The largest absolute Gasteiger partial charge is 0.398 e. The van der Waals surface area contributed by atoms with Gasteiger partial charge < -0.3 is 5.73 Å². The summed E-state index contributed by atoms with van der Waals surface area (Å²) in [5, 5.41) is 0. The first-order valence-electron chi connectivity index (χ1n) is 2.61. The maximum atomic E-state index is 5.46. The Morgan fingerprint density at radius 1 is 1.22 bits per heavy atom. The van der Waals surface area contributed by atoms with Crippen molar-refractivity contribution in [3.05, 3.63) is 18.2 Å². The first-order chi connectivity index (χ1) is 4.38. The Morgan fingerprint density at radius 2 is 1.89 bits per heavy atom. The number of terminal acetylenes is 1. The highest BCUT2D eigenvalue weighted by atomic mass is 14.6. The summed E-state index contributed by atoms with van der Waals surface area (Å²) in [4.78, 5) is 0. The van der Waals surface area contributed by atoms with Gasteiger partial charge in [-0.3, -0.25) is 0 Å². The van der Waals surface area contributed by atoms with Crippen LogP contribution in [0.2, 0.25) is 0 Å². The van der Waals surface area contributed by atoms with Gasteiger partial charge in [0.2, 0.25) is 0 Å². The second kappa shape index (κ2) is 1.83. The third kappa shape index (κ3) is 0.748. The summed E-state index contributed by atoms with van der Waals surface area (Å²) in [6.45, 7) is 0. The molecule has 0 aromatic rings. The van der Waals surface area contributed by atoms with Crippen LogP contribution in [0, 0.1) is 12.8 Å². The number of anilines is 1. The molecule has 0 aromatic heterocycles. The number of fused-ring (bicyclic) bond motifs is 1. The molecule has 0 aliphatic heterocycles. The second-order valence-electron chi connectivity index (χ2n) is 1.80. The maximum absolute atomic E-state index is 5.46. The first kappa shape index (κ1) is 5.71. The summed E-state index contributed by atoms with van der Waals surface area (Å²) in [6, 6.07) is 6.05. The summed E-state index contributed by atoms with van der Waals surface area (Å²) in [7, 11) is 0. The maximum Gasteiger partial charge on any atom is 0.0394 e. The van der Waals surface area contributed by atoms with Crippen LogP contribution in [0.15, 0.2) is 18.2 Å². The summed E-state index contributed by atoms with van der Waals surface area (Å²) < 4.78 is 0. The van der Waals surface area contributed by atoms with Gasteiger partial charge in [0.05, 0.1) is 0 Å². The lowest BCUT2D eigenvalue weighted by Gasteiger charge is -1.74. The van der Waals surface area contributed by atoms with E-state index in [1.165, 1.54) is 11.1 Å². The van der Waals surface area contributed by atoms with E-state index in [-0.39, 0.29) is 0 Å². The monoisotopic (exact) mass is 117 g/mol. The minimum absolute atomic E-state index is 0.926. The number of nitrogens with two attached hydrogens (primary N) is 1. The molecule has 0 amide bonds. The number of hydrogen-bond donors (Lipinski definition) is 1. The highest BCUT2D eigenvalue weighted by Crippen LogP contribution is 2.39. The average Bonchev–Trinajstić information content (AvgIpc) is 2.61. The molecule has 44 valence electrons. The van der Waals surface area contributed by atoms with Crippen molar-refractivity contribution in [2.75, 3.05) is 5.73 Å². The lowest BCUT2D eigenvalue weighted by Crippen LogP contribution is -1.75. The molecule has 9 heavy (non-hydrogen) atoms. The number of hydrogen-bond acceptors (Lipinski definition) is 1. The van der Waals surface area contributed by atoms with Gasteiger partial charge in [-0.1, -0.05) is 6.07 Å². The van der Waals surface area contributed by atoms with E-state index in [2.05, 4.69) is 18.9 Å². The zero-order chi connectivity index (χ0) is 6.85. The Morgan fingerprint density at radius 3 is 2.00 bits per heavy atom. The van der Waals surface area contributed by atoms with Crippen LogP contribution in [-0.4, -0.2) is 0 Å². The highest BCUT2D eigenvalue weighted by molar-refractivity contribution is 5.91. The Balaban J connectivity index is 0.000000186. The van der Waals surface area contributed by atoms with Crippen molar-refractivity contribution in [1.29, 1.82) is 0 Å². The Labute approximate surface area is 54.5 Å². The smallest absolute Gasteiger partial charge is 0.0394 e. The van der Waals surface area contributed by atoms with Crippen LogP contribution in [-0.2, 0) is 0 Å². The molecule has 0 radical (unpaired) electrons. The highest BCUT2D eigenvalue weighted by Gasteiger charge is 2.13. The third-order valence-electron chi connectivity index (χ3n) is 1.28. The van der Waals surface area contributed by atoms with Gasteiger partial charge >= 0.3 is 0 Å². The zero-order valence-corrected chi connectivity index (χ0v) is 4.96. The van der Waals surface area contributed by atoms with E-state index >= 15 is 0 Å². The molecule has 2 aliphatic rings. The Hall–Kier alpha value is -1.42. The van der Waals surface area contributed by atoms with Crippen LogP contribution < -0.4 is 5.73 Å². The van der Waals surface area contributed by atoms with E-state index < -0.39 is 0 Å². The fourth-order valence-corrected chi connectivity index (χ4v) is 0.777. The van der Waals surface area contributed by atoms with E-state index in [1.54, 1.807) is 0 Å². The lowest BCUT2D eigenvalue weighted by atomic mass is 10.5. The average molecular weight is 117 g/mol. The molecule has 0 bridgehead atoms. The summed E-state index contributed by atoms with van der Waals surface area (Å²) in [6.07, 6.45) is 8.00. The van der Waals surface area contributed by atoms with Crippen molar-refractivity contribution >= 4 is 5.69 Å². The molecular weight excluding hydrogens is 110 g/mol. The molecule has 0 fully saturated rings. The zero-order valence-electron chi connectivity index (χ0n) is 4.96. The second-order valence-corrected chi connectivity index (χ2v) is 1.80. The minimum atomic E-state index is 0.926. The van der Waals surface area contributed by atoms with Crippen molar-refractivity contribution in [1.82, 2.24) is 0 Å². The van der Waals surface area contributed by atoms with E-state index in [1.807, 2.05) is 12.1 Å². The molecule has 0 saturated heterocycles. The quantitative estimate of drug-likeness (QED) is 0.410. The van der Waals surface area contributed by atoms with E-state index in [9.17, 15) is 0 Å². The number of rotatable bonds is 0. The van der Waals surface area contributed by atoms with Crippen LogP contribution in [0.1, 0.15) is 0 Å². The van der Waals surface area contributed by atoms with Gasteiger partial charge in [0.1, 0.15) is 0 Å². The van der Waals surface area contributed by atoms with Gasteiger partial charge in [0, 0.05) is 11.3 Å². The van der Waals surface area contributed by atoms with Crippen LogP contribution in [0.25, 0.3) is 11.1 Å². The molecule has 0 saturated carbocycles. The molecule has 0 atom stereocenters. The van der Waals surface area contributed by atoms with Crippen molar-refractivity contribution in [3.8, 4) is 24.0 Å². The molecule has 2 rings (SSSR count). The van der Waals surface area contributed by atoms with Gasteiger partial charge in [-0.2, -0.15) is 0 Å². The predicted molar refractivity (Wildman–Crippen MR) is 39.7 cm³/mol. The molecule has 0 spiro atoms. The normalized spacial score (nSPS) is 9.11. The molecule has 0 heterocycles. The summed E-state index contributed by atoms with van der Waals surface area (Å²) >= 11 is 0. The van der Waals surface area contributed by atoms with Crippen molar-refractivity contribution in [2.45, 2.75) is 0 Å². The van der Waals surface area contributed by atoms with E-state index in [0.29, 0.717) is 0 Å². The third-order valence-corrected chi connectivity index (χ3v) is 1.28. The van der Waals surface area contributed by atoms with E-state index in [0.717, 1.165) is 5.69 Å². The Kier molecular flexibility index (Phi) is 1.16. The number of nitrogen functional groups attached to an aromatic ring is 1.